The minimum absolute atomic E-state index is 0.0944. The third kappa shape index (κ3) is 3.99. The van der Waals surface area contributed by atoms with Crippen molar-refractivity contribution in [3.05, 3.63) is 29.3 Å². The van der Waals surface area contributed by atoms with E-state index in [4.69, 9.17) is 10.00 Å². The van der Waals surface area contributed by atoms with E-state index < -0.39 is 0 Å². The number of nitriles is 1. The van der Waals surface area contributed by atoms with Gasteiger partial charge in [0.25, 0.3) is 0 Å². The molecule has 0 aliphatic rings. The lowest BCUT2D eigenvalue weighted by molar-refractivity contribution is -0.129. The highest BCUT2D eigenvalue weighted by Gasteiger charge is 2.12. The van der Waals surface area contributed by atoms with Gasteiger partial charge in [0, 0.05) is 19.2 Å². The predicted octanol–water partition coefficient (Wildman–Crippen LogP) is 2.69. The van der Waals surface area contributed by atoms with Crippen LogP contribution >= 0.6 is 0 Å². The van der Waals surface area contributed by atoms with E-state index in [1.54, 1.807) is 14.2 Å². The summed E-state index contributed by atoms with van der Waals surface area (Å²) >= 11 is 0. The van der Waals surface area contributed by atoms with Gasteiger partial charge in [-0.25, -0.2) is 0 Å². The highest BCUT2D eigenvalue weighted by atomic mass is 16.5. The molecule has 0 aromatic heterocycles. The number of rotatable bonds is 5. The third-order valence-corrected chi connectivity index (χ3v) is 3.04. The van der Waals surface area contributed by atoms with Crippen molar-refractivity contribution in [1.29, 1.82) is 5.26 Å². The third-order valence-electron chi connectivity index (χ3n) is 3.04. The Balaban J connectivity index is 2.89. The van der Waals surface area contributed by atoms with Crippen molar-refractivity contribution in [2.24, 2.45) is 0 Å². The van der Waals surface area contributed by atoms with Gasteiger partial charge in [-0.2, -0.15) is 5.26 Å². The second-order valence-corrected chi connectivity index (χ2v) is 4.81. The minimum atomic E-state index is -0.183. The highest BCUT2D eigenvalue weighted by Crippen LogP contribution is 2.25. The SMILES string of the molecule is COc1cc(C(C)C)ccc1CN(C)C(=O)CC#N. The van der Waals surface area contributed by atoms with Crippen molar-refractivity contribution >= 4 is 5.91 Å². The van der Waals surface area contributed by atoms with Crippen LogP contribution in [0, 0.1) is 11.3 Å². The molecule has 1 aromatic carbocycles. The molecule has 102 valence electrons. The van der Waals surface area contributed by atoms with E-state index in [9.17, 15) is 4.79 Å². The second-order valence-electron chi connectivity index (χ2n) is 4.81. The fraction of sp³-hybridized carbons (Fsp3) is 0.467. The summed E-state index contributed by atoms with van der Waals surface area (Å²) in [5.74, 6) is 1.03. The smallest absolute Gasteiger partial charge is 0.236 e. The molecule has 0 saturated heterocycles. The first kappa shape index (κ1) is 15.0. The van der Waals surface area contributed by atoms with Gasteiger partial charge in [-0.1, -0.05) is 26.0 Å². The Hall–Kier alpha value is -2.02. The average Bonchev–Trinajstić information content (AvgIpc) is 2.39. The van der Waals surface area contributed by atoms with Crippen LogP contribution in [0.25, 0.3) is 0 Å². The molecule has 0 atom stereocenters. The maximum absolute atomic E-state index is 11.6. The number of methoxy groups -OCH3 is 1. The molecule has 0 aliphatic carbocycles. The molecule has 0 heterocycles. The molecule has 0 spiro atoms. The molecular weight excluding hydrogens is 240 g/mol. The molecule has 1 amide bonds. The molecule has 4 heteroatoms. The number of amides is 1. The molecule has 1 aromatic rings. The number of benzene rings is 1. The van der Waals surface area contributed by atoms with Crippen molar-refractivity contribution in [3.8, 4) is 11.8 Å². The molecule has 0 radical (unpaired) electrons. The van der Waals surface area contributed by atoms with E-state index in [-0.39, 0.29) is 12.3 Å². The number of hydrogen-bond acceptors (Lipinski definition) is 3. The zero-order chi connectivity index (χ0) is 14.4. The molecule has 4 nitrogen and oxygen atoms in total. The van der Waals surface area contributed by atoms with E-state index in [1.807, 2.05) is 24.3 Å². The summed E-state index contributed by atoms with van der Waals surface area (Å²) in [5, 5.41) is 8.53. The number of nitrogens with zero attached hydrogens (tertiary/aromatic N) is 2. The highest BCUT2D eigenvalue weighted by molar-refractivity contribution is 5.78. The molecule has 1 rings (SSSR count). The van der Waals surface area contributed by atoms with Crippen LogP contribution in [0.4, 0.5) is 0 Å². The van der Waals surface area contributed by atoms with Crippen LogP contribution < -0.4 is 4.74 Å². The lowest BCUT2D eigenvalue weighted by Crippen LogP contribution is -2.25. The van der Waals surface area contributed by atoms with Gasteiger partial charge in [-0.3, -0.25) is 4.79 Å². The Kier molecular flexibility index (Phi) is 5.37. The molecule has 0 fully saturated rings. The van der Waals surface area contributed by atoms with Crippen molar-refractivity contribution in [1.82, 2.24) is 4.90 Å². The minimum Gasteiger partial charge on any atom is -0.496 e. The second kappa shape index (κ2) is 6.79. The van der Waals surface area contributed by atoms with Crippen molar-refractivity contribution < 1.29 is 9.53 Å². The fourth-order valence-corrected chi connectivity index (χ4v) is 1.80. The molecule has 0 aliphatic heterocycles. The van der Waals surface area contributed by atoms with Gasteiger partial charge in [0.05, 0.1) is 13.2 Å². The van der Waals surface area contributed by atoms with Crippen molar-refractivity contribution in [2.75, 3.05) is 14.2 Å². The van der Waals surface area contributed by atoms with Gasteiger partial charge >= 0.3 is 0 Å². The summed E-state index contributed by atoms with van der Waals surface area (Å²) in [6.07, 6.45) is -0.0944. The Morgan fingerprint density at radius 3 is 2.68 bits per heavy atom. The van der Waals surface area contributed by atoms with Gasteiger partial charge in [0.2, 0.25) is 5.91 Å². The normalized spacial score (nSPS) is 10.1. The summed E-state index contributed by atoms with van der Waals surface area (Å²) in [5.41, 5.74) is 2.15. The number of ether oxygens (including phenoxy) is 1. The topological polar surface area (TPSA) is 53.3 Å². The predicted molar refractivity (Wildman–Crippen MR) is 73.8 cm³/mol. The van der Waals surface area contributed by atoms with E-state index in [2.05, 4.69) is 13.8 Å². The molecule has 0 bridgehead atoms. The lowest BCUT2D eigenvalue weighted by Gasteiger charge is -2.19. The average molecular weight is 260 g/mol. The summed E-state index contributed by atoms with van der Waals surface area (Å²) < 4.78 is 5.37. The van der Waals surface area contributed by atoms with E-state index in [0.29, 0.717) is 12.5 Å². The van der Waals surface area contributed by atoms with Gasteiger partial charge < -0.3 is 9.64 Å². The standard InChI is InChI=1S/C15H20N2O2/c1-11(2)12-5-6-13(14(9-12)19-4)10-17(3)15(18)7-8-16/h5-6,9,11H,7,10H2,1-4H3. The summed E-state index contributed by atoms with van der Waals surface area (Å²) in [7, 11) is 3.31. The van der Waals surface area contributed by atoms with Gasteiger partial charge in [0.15, 0.2) is 0 Å². The lowest BCUT2D eigenvalue weighted by atomic mass is 10.0. The Morgan fingerprint density at radius 1 is 1.47 bits per heavy atom. The van der Waals surface area contributed by atoms with Crippen LogP contribution in [0.15, 0.2) is 18.2 Å². The first-order valence-corrected chi connectivity index (χ1v) is 6.27. The van der Waals surface area contributed by atoms with Crippen molar-refractivity contribution in [2.45, 2.75) is 32.7 Å². The maximum atomic E-state index is 11.6. The fourth-order valence-electron chi connectivity index (χ4n) is 1.80. The summed E-state index contributed by atoms with van der Waals surface area (Å²) in [6, 6.07) is 7.89. The summed E-state index contributed by atoms with van der Waals surface area (Å²) in [6.45, 7) is 4.69. The van der Waals surface area contributed by atoms with Crippen molar-refractivity contribution in [3.63, 3.8) is 0 Å². The van der Waals surface area contributed by atoms with E-state index in [0.717, 1.165) is 11.3 Å². The van der Waals surface area contributed by atoms with Crippen LogP contribution in [-0.2, 0) is 11.3 Å². The number of carbonyl (C=O) groups excluding carboxylic acids is 1. The number of hydrogen-bond donors (Lipinski definition) is 0. The maximum Gasteiger partial charge on any atom is 0.236 e. The van der Waals surface area contributed by atoms with E-state index in [1.165, 1.54) is 10.5 Å². The molecule has 0 N–H and O–H groups in total. The first-order chi connectivity index (χ1) is 8.99. The molecule has 0 saturated carbocycles. The molecule has 19 heavy (non-hydrogen) atoms. The van der Waals surface area contributed by atoms with Gasteiger partial charge in [-0.15, -0.1) is 0 Å². The molecule has 0 unspecified atom stereocenters. The van der Waals surface area contributed by atoms with Crippen LogP contribution in [0.2, 0.25) is 0 Å². The van der Waals surface area contributed by atoms with Gasteiger partial charge in [-0.05, 0) is 17.5 Å². The zero-order valence-electron chi connectivity index (χ0n) is 11.9. The Bertz CT molecular complexity index is 489. The monoisotopic (exact) mass is 260 g/mol. The largest absolute Gasteiger partial charge is 0.496 e. The van der Waals surface area contributed by atoms with Crippen LogP contribution in [0.3, 0.4) is 0 Å². The van der Waals surface area contributed by atoms with E-state index >= 15 is 0 Å². The Labute approximate surface area is 114 Å². The van der Waals surface area contributed by atoms with Crippen LogP contribution in [0.5, 0.6) is 5.75 Å². The Morgan fingerprint density at radius 2 is 2.16 bits per heavy atom. The first-order valence-electron chi connectivity index (χ1n) is 6.27. The summed E-state index contributed by atoms with van der Waals surface area (Å²) in [4.78, 5) is 13.1. The quantitative estimate of drug-likeness (QED) is 0.818. The van der Waals surface area contributed by atoms with Gasteiger partial charge in [0.1, 0.15) is 12.2 Å². The van der Waals surface area contributed by atoms with Crippen LogP contribution in [0.1, 0.15) is 37.3 Å². The van der Waals surface area contributed by atoms with Crippen LogP contribution in [-0.4, -0.2) is 25.0 Å². The number of carbonyl (C=O) groups is 1. The molecular formula is C15H20N2O2. The zero-order valence-corrected chi connectivity index (χ0v) is 11.9.